The van der Waals surface area contributed by atoms with Crippen molar-refractivity contribution in [3.63, 3.8) is 0 Å². The maximum absolute atomic E-state index is 10.9. The molecular formula is C8H13N5O2. The Morgan fingerprint density at radius 2 is 2.40 bits per heavy atom. The smallest absolute Gasteiger partial charge is 0.308 e. The first-order chi connectivity index (χ1) is 7.18. The highest BCUT2D eigenvalue weighted by molar-refractivity contribution is 5.71. The summed E-state index contributed by atoms with van der Waals surface area (Å²) in [6.45, 7) is 0. The van der Waals surface area contributed by atoms with E-state index in [1.54, 1.807) is 7.05 Å². The van der Waals surface area contributed by atoms with E-state index < -0.39 is 5.97 Å². The molecule has 82 valence electrons. The van der Waals surface area contributed by atoms with Crippen LogP contribution in [0.25, 0.3) is 0 Å². The van der Waals surface area contributed by atoms with Crippen molar-refractivity contribution < 1.29 is 9.90 Å². The molecule has 2 N–H and O–H groups in total. The minimum absolute atomic E-state index is 0.0628. The molecule has 0 amide bonds. The zero-order valence-corrected chi connectivity index (χ0v) is 8.42. The van der Waals surface area contributed by atoms with Crippen molar-refractivity contribution in [1.29, 1.82) is 0 Å². The molecule has 0 saturated heterocycles. The molecule has 1 aromatic heterocycles. The maximum atomic E-state index is 10.9. The monoisotopic (exact) mass is 211 g/mol. The highest BCUT2D eigenvalue weighted by Gasteiger charge is 2.33. The number of tetrazole rings is 1. The zero-order chi connectivity index (χ0) is 10.8. The molecule has 0 aromatic carbocycles. The lowest BCUT2D eigenvalue weighted by molar-refractivity contribution is -0.141. The quantitative estimate of drug-likeness (QED) is 0.723. The largest absolute Gasteiger partial charge is 0.481 e. The summed E-state index contributed by atoms with van der Waals surface area (Å²) in [6.07, 6.45) is 2.50. The predicted octanol–water partition coefficient (Wildman–Crippen LogP) is -0.125. The number of anilines is 1. The third-order valence-corrected chi connectivity index (χ3v) is 2.77. The van der Waals surface area contributed by atoms with Crippen LogP contribution in [0.1, 0.15) is 19.3 Å². The summed E-state index contributed by atoms with van der Waals surface area (Å²) in [5.41, 5.74) is 0. The van der Waals surface area contributed by atoms with Gasteiger partial charge in [0.1, 0.15) is 0 Å². The second-order valence-electron chi connectivity index (χ2n) is 3.75. The van der Waals surface area contributed by atoms with Gasteiger partial charge in [0, 0.05) is 13.1 Å². The van der Waals surface area contributed by atoms with E-state index in [0.29, 0.717) is 5.95 Å². The third kappa shape index (κ3) is 1.90. The van der Waals surface area contributed by atoms with Gasteiger partial charge in [-0.2, -0.15) is 0 Å². The minimum Gasteiger partial charge on any atom is -0.481 e. The normalized spacial score (nSPS) is 25.4. The number of carboxylic acids is 1. The van der Waals surface area contributed by atoms with Gasteiger partial charge >= 0.3 is 5.97 Å². The van der Waals surface area contributed by atoms with Crippen LogP contribution in [0.5, 0.6) is 0 Å². The number of carbonyl (C=O) groups is 1. The number of hydrogen-bond donors (Lipinski definition) is 2. The molecular weight excluding hydrogens is 198 g/mol. The maximum Gasteiger partial charge on any atom is 0.308 e. The Balaban J connectivity index is 2.06. The molecule has 2 rings (SSSR count). The number of aliphatic carboxylic acids is 1. The van der Waals surface area contributed by atoms with Crippen molar-refractivity contribution in [2.45, 2.75) is 25.3 Å². The topological polar surface area (TPSA) is 92.9 Å². The molecule has 15 heavy (non-hydrogen) atoms. The van der Waals surface area contributed by atoms with Crippen LogP contribution in [0.4, 0.5) is 5.95 Å². The van der Waals surface area contributed by atoms with Crippen molar-refractivity contribution in [2.75, 3.05) is 5.32 Å². The molecule has 1 aromatic rings. The molecule has 7 heteroatoms. The molecule has 7 nitrogen and oxygen atoms in total. The molecule has 0 radical (unpaired) electrons. The third-order valence-electron chi connectivity index (χ3n) is 2.77. The van der Waals surface area contributed by atoms with Crippen LogP contribution in [0.15, 0.2) is 0 Å². The Kier molecular flexibility index (Phi) is 2.53. The second-order valence-corrected chi connectivity index (χ2v) is 3.75. The Labute approximate surface area is 86.5 Å². The van der Waals surface area contributed by atoms with Crippen LogP contribution in [0, 0.1) is 5.92 Å². The Morgan fingerprint density at radius 1 is 1.60 bits per heavy atom. The molecule has 1 aliphatic carbocycles. The van der Waals surface area contributed by atoms with E-state index in [9.17, 15) is 4.79 Å². The van der Waals surface area contributed by atoms with Crippen molar-refractivity contribution in [2.24, 2.45) is 13.0 Å². The highest BCUT2D eigenvalue weighted by Crippen LogP contribution is 2.27. The van der Waals surface area contributed by atoms with Crippen molar-refractivity contribution in [1.82, 2.24) is 20.2 Å². The average Bonchev–Trinajstić information content (AvgIpc) is 2.77. The summed E-state index contributed by atoms with van der Waals surface area (Å²) in [7, 11) is 1.72. The van der Waals surface area contributed by atoms with Crippen LogP contribution in [-0.4, -0.2) is 37.3 Å². The summed E-state index contributed by atoms with van der Waals surface area (Å²) in [5.74, 6) is -0.560. The van der Waals surface area contributed by atoms with Crippen LogP contribution >= 0.6 is 0 Å². The summed E-state index contributed by atoms with van der Waals surface area (Å²) < 4.78 is 1.50. The van der Waals surface area contributed by atoms with Gasteiger partial charge in [-0.1, -0.05) is 11.5 Å². The number of nitrogens with zero attached hydrogens (tertiary/aromatic N) is 4. The Morgan fingerprint density at radius 3 is 3.00 bits per heavy atom. The van der Waals surface area contributed by atoms with E-state index in [1.807, 2.05) is 0 Å². The van der Waals surface area contributed by atoms with Gasteiger partial charge in [0.15, 0.2) is 0 Å². The van der Waals surface area contributed by atoms with Gasteiger partial charge in [-0.3, -0.25) is 4.79 Å². The first-order valence-electron chi connectivity index (χ1n) is 4.90. The molecule has 2 atom stereocenters. The summed E-state index contributed by atoms with van der Waals surface area (Å²) in [6, 6.07) is -0.0628. The van der Waals surface area contributed by atoms with Crippen molar-refractivity contribution in [3.05, 3.63) is 0 Å². The van der Waals surface area contributed by atoms with Gasteiger partial charge in [-0.25, -0.2) is 4.68 Å². The molecule has 1 saturated carbocycles. The van der Waals surface area contributed by atoms with Gasteiger partial charge in [0.25, 0.3) is 0 Å². The highest BCUT2D eigenvalue weighted by atomic mass is 16.4. The Hall–Kier alpha value is -1.66. The lowest BCUT2D eigenvalue weighted by Crippen LogP contribution is -2.30. The zero-order valence-electron chi connectivity index (χ0n) is 8.42. The molecule has 1 aliphatic rings. The standard InChI is InChI=1S/C8H13N5O2/c1-13-8(10-11-12-13)9-6-4-2-3-5(6)7(14)15/h5-6H,2-4H2,1H3,(H,14,15)(H,9,10,12). The van der Waals surface area contributed by atoms with E-state index in [2.05, 4.69) is 20.8 Å². The Bertz CT molecular complexity index is 364. The molecule has 1 fully saturated rings. The second kappa shape index (κ2) is 3.84. The number of aromatic nitrogens is 4. The van der Waals surface area contributed by atoms with E-state index in [1.165, 1.54) is 4.68 Å². The predicted molar refractivity (Wildman–Crippen MR) is 51.2 cm³/mol. The molecule has 0 spiro atoms. The van der Waals surface area contributed by atoms with Crippen molar-refractivity contribution >= 4 is 11.9 Å². The van der Waals surface area contributed by atoms with E-state index in [4.69, 9.17) is 5.11 Å². The van der Waals surface area contributed by atoms with Gasteiger partial charge in [-0.15, -0.1) is 0 Å². The van der Waals surface area contributed by atoms with Crippen LogP contribution in [0.2, 0.25) is 0 Å². The lowest BCUT2D eigenvalue weighted by Gasteiger charge is -2.16. The fourth-order valence-corrected chi connectivity index (χ4v) is 1.95. The van der Waals surface area contributed by atoms with E-state index in [0.717, 1.165) is 19.3 Å². The van der Waals surface area contributed by atoms with Gasteiger partial charge in [0.2, 0.25) is 5.95 Å². The summed E-state index contributed by atoms with van der Waals surface area (Å²) in [5, 5.41) is 23.0. The number of rotatable bonds is 3. The molecule has 0 aliphatic heterocycles. The van der Waals surface area contributed by atoms with Gasteiger partial charge in [0.05, 0.1) is 5.92 Å². The molecule has 2 unspecified atom stereocenters. The SMILES string of the molecule is Cn1nnnc1NC1CCCC1C(=O)O. The van der Waals surface area contributed by atoms with Crippen LogP contribution in [-0.2, 0) is 11.8 Å². The van der Waals surface area contributed by atoms with Gasteiger partial charge < -0.3 is 10.4 Å². The lowest BCUT2D eigenvalue weighted by atomic mass is 10.0. The van der Waals surface area contributed by atoms with E-state index in [-0.39, 0.29) is 12.0 Å². The van der Waals surface area contributed by atoms with Crippen LogP contribution in [0.3, 0.4) is 0 Å². The fourth-order valence-electron chi connectivity index (χ4n) is 1.95. The first kappa shape index (κ1) is 9.88. The van der Waals surface area contributed by atoms with Gasteiger partial charge in [-0.05, 0) is 23.3 Å². The van der Waals surface area contributed by atoms with Crippen molar-refractivity contribution in [3.8, 4) is 0 Å². The first-order valence-corrected chi connectivity index (χ1v) is 4.90. The minimum atomic E-state index is -0.750. The number of carboxylic acid groups (broad SMARTS) is 1. The molecule has 0 bridgehead atoms. The summed E-state index contributed by atoms with van der Waals surface area (Å²) >= 11 is 0. The average molecular weight is 211 g/mol. The number of nitrogens with one attached hydrogen (secondary N) is 1. The number of hydrogen-bond acceptors (Lipinski definition) is 5. The number of aryl methyl sites for hydroxylation is 1. The summed E-state index contributed by atoms with van der Waals surface area (Å²) in [4.78, 5) is 10.9. The molecule has 1 heterocycles. The van der Waals surface area contributed by atoms with E-state index >= 15 is 0 Å². The van der Waals surface area contributed by atoms with Crippen LogP contribution < -0.4 is 5.32 Å². The fraction of sp³-hybridized carbons (Fsp3) is 0.750.